The highest BCUT2D eigenvalue weighted by Gasteiger charge is 2.33. The fourth-order valence-electron chi connectivity index (χ4n) is 2.89. The Morgan fingerprint density at radius 3 is 2.48 bits per heavy atom. The van der Waals surface area contributed by atoms with Crippen molar-refractivity contribution in [3.05, 3.63) is 38.7 Å². The Morgan fingerprint density at radius 1 is 1.22 bits per heavy atom. The molecule has 0 radical (unpaired) electrons. The average molecular weight is 444 g/mol. The summed E-state index contributed by atoms with van der Waals surface area (Å²) in [5.74, 6) is -0.164. The lowest BCUT2D eigenvalue weighted by molar-refractivity contribution is -0.133. The van der Waals surface area contributed by atoms with Crippen molar-refractivity contribution in [3.8, 4) is 0 Å². The molecule has 9 heteroatoms. The zero-order valence-electron chi connectivity index (χ0n) is 14.8. The highest BCUT2D eigenvalue weighted by molar-refractivity contribution is 8.26. The minimum Gasteiger partial charge on any atom is -0.340 e. The number of amides is 2. The van der Waals surface area contributed by atoms with Gasteiger partial charge in [0.25, 0.3) is 5.91 Å². The molecule has 2 aliphatic rings. The van der Waals surface area contributed by atoms with E-state index in [0.29, 0.717) is 24.8 Å². The van der Waals surface area contributed by atoms with Crippen LogP contribution in [0.25, 0.3) is 6.08 Å². The molecule has 0 bridgehead atoms. The highest BCUT2D eigenvalue weighted by atomic mass is 35.5. The van der Waals surface area contributed by atoms with Crippen LogP contribution in [0.5, 0.6) is 0 Å². The molecule has 1 aromatic rings. The number of nitrogens with zero attached hydrogens (tertiary/aromatic N) is 3. The molecule has 2 aliphatic heterocycles. The number of carbonyl (C=O) groups excluding carboxylic acids is 2. The van der Waals surface area contributed by atoms with Crippen molar-refractivity contribution in [3.63, 3.8) is 0 Å². The van der Waals surface area contributed by atoms with E-state index in [0.717, 1.165) is 26.2 Å². The van der Waals surface area contributed by atoms with E-state index in [4.69, 9.17) is 35.4 Å². The Labute approximate surface area is 178 Å². The summed E-state index contributed by atoms with van der Waals surface area (Å²) in [6.45, 7) is 3.46. The summed E-state index contributed by atoms with van der Waals surface area (Å²) in [5.41, 5.74) is 0.592. The van der Waals surface area contributed by atoms with E-state index >= 15 is 0 Å². The molecule has 2 amide bonds. The predicted octanol–water partition coefficient (Wildman–Crippen LogP) is 3.36. The number of thiocarbonyl (C=S) groups is 1. The Kier molecular flexibility index (Phi) is 6.81. The topological polar surface area (TPSA) is 43.9 Å². The maximum Gasteiger partial charge on any atom is 0.266 e. The third-order valence-electron chi connectivity index (χ3n) is 4.55. The van der Waals surface area contributed by atoms with Gasteiger partial charge in [0.05, 0.1) is 4.91 Å². The van der Waals surface area contributed by atoms with E-state index < -0.39 is 0 Å². The van der Waals surface area contributed by atoms with Crippen molar-refractivity contribution in [1.82, 2.24) is 14.7 Å². The van der Waals surface area contributed by atoms with Gasteiger partial charge in [-0.3, -0.25) is 14.5 Å². The van der Waals surface area contributed by atoms with Gasteiger partial charge >= 0.3 is 0 Å². The highest BCUT2D eigenvalue weighted by Crippen LogP contribution is 2.35. The molecular weight excluding hydrogens is 425 g/mol. The Morgan fingerprint density at radius 2 is 1.85 bits per heavy atom. The smallest absolute Gasteiger partial charge is 0.266 e. The van der Waals surface area contributed by atoms with Gasteiger partial charge in [-0.1, -0.05) is 53.2 Å². The molecule has 0 aliphatic carbocycles. The van der Waals surface area contributed by atoms with Crippen LogP contribution in [-0.4, -0.2) is 70.6 Å². The van der Waals surface area contributed by atoms with E-state index in [1.54, 1.807) is 24.3 Å². The number of hydrogen-bond donors (Lipinski definition) is 0. The Balaban J connectivity index is 1.64. The Bertz CT molecular complexity index is 788. The van der Waals surface area contributed by atoms with Crippen LogP contribution in [0, 0.1) is 0 Å². The predicted molar refractivity (Wildman–Crippen MR) is 115 cm³/mol. The quantitative estimate of drug-likeness (QED) is 0.527. The molecule has 0 aromatic heterocycles. The lowest BCUT2D eigenvalue weighted by atomic mass is 10.2. The number of likely N-dealkylation sites (N-methyl/N-ethyl adjacent to an activating group) is 1. The van der Waals surface area contributed by atoms with Crippen molar-refractivity contribution in [2.45, 2.75) is 6.42 Å². The molecule has 0 spiro atoms. The number of rotatable bonds is 4. The summed E-state index contributed by atoms with van der Waals surface area (Å²) in [6, 6.07) is 5.18. The third kappa shape index (κ3) is 4.84. The van der Waals surface area contributed by atoms with Gasteiger partial charge in [0.2, 0.25) is 5.91 Å². The molecule has 2 heterocycles. The van der Waals surface area contributed by atoms with Crippen molar-refractivity contribution < 1.29 is 9.59 Å². The summed E-state index contributed by atoms with van der Waals surface area (Å²) in [5, 5.41) is 0.941. The number of thioether (sulfide) groups is 1. The number of benzene rings is 1. The van der Waals surface area contributed by atoms with E-state index in [-0.39, 0.29) is 24.8 Å². The molecule has 0 unspecified atom stereocenters. The minimum absolute atomic E-state index is 0.0512. The van der Waals surface area contributed by atoms with Crippen LogP contribution in [0.15, 0.2) is 23.1 Å². The normalized spacial score (nSPS) is 20.0. The average Bonchev–Trinajstić information content (AvgIpc) is 2.90. The van der Waals surface area contributed by atoms with Gasteiger partial charge in [0.1, 0.15) is 4.32 Å². The Hall–Kier alpha value is -1.12. The second-order valence-corrected chi connectivity index (χ2v) is 8.89. The number of hydrogen-bond acceptors (Lipinski definition) is 5. The first-order valence-corrected chi connectivity index (χ1v) is 10.5. The standard InChI is InChI=1S/C18H19Cl2N3O2S2/c1-21-7-9-22(10-8-21)16(24)5-6-23-17(25)15(27-18(23)26)11-12-13(19)3-2-4-14(12)20/h2-4,11H,5-10H2,1H3/b15-11-. The van der Waals surface area contributed by atoms with Crippen molar-refractivity contribution in [1.29, 1.82) is 0 Å². The van der Waals surface area contributed by atoms with Gasteiger partial charge in [-0.15, -0.1) is 0 Å². The first kappa shape index (κ1) is 20.6. The lowest BCUT2D eigenvalue weighted by Gasteiger charge is -2.32. The maximum atomic E-state index is 12.7. The first-order chi connectivity index (χ1) is 12.9. The molecule has 144 valence electrons. The van der Waals surface area contributed by atoms with Gasteiger partial charge in [-0.05, 0) is 25.3 Å². The van der Waals surface area contributed by atoms with Crippen LogP contribution in [0.1, 0.15) is 12.0 Å². The first-order valence-electron chi connectivity index (χ1n) is 8.52. The molecule has 0 atom stereocenters. The third-order valence-corrected chi connectivity index (χ3v) is 6.59. The van der Waals surface area contributed by atoms with E-state index in [1.807, 2.05) is 11.9 Å². The van der Waals surface area contributed by atoms with Gasteiger partial charge in [-0.25, -0.2) is 0 Å². The summed E-state index contributed by atoms with van der Waals surface area (Å²) in [4.78, 5) is 31.1. The molecule has 1 aromatic carbocycles. The van der Waals surface area contributed by atoms with Crippen LogP contribution in [0.2, 0.25) is 10.0 Å². The van der Waals surface area contributed by atoms with E-state index in [2.05, 4.69) is 4.90 Å². The summed E-state index contributed by atoms with van der Waals surface area (Å²) < 4.78 is 0.445. The van der Waals surface area contributed by atoms with Crippen molar-refractivity contribution >= 4 is 69.4 Å². The van der Waals surface area contributed by atoms with Crippen molar-refractivity contribution in [2.24, 2.45) is 0 Å². The van der Waals surface area contributed by atoms with Crippen LogP contribution in [0.4, 0.5) is 0 Å². The SMILES string of the molecule is CN1CCN(C(=O)CCN2C(=O)/C(=C/c3c(Cl)cccc3Cl)SC2=S)CC1. The second-order valence-electron chi connectivity index (χ2n) is 6.40. The van der Waals surface area contributed by atoms with Crippen LogP contribution in [-0.2, 0) is 9.59 Å². The second kappa shape index (κ2) is 8.92. The van der Waals surface area contributed by atoms with E-state index in [9.17, 15) is 9.59 Å². The molecule has 0 saturated carbocycles. The summed E-state index contributed by atoms with van der Waals surface area (Å²) >= 11 is 18.9. The van der Waals surface area contributed by atoms with Gasteiger partial charge in [0, 0.05) is 54.8 Å². The molecule has 2 fully saturated rings. The van der Waals surface area contributed by atoms with Gasteiger partial charge in [-0.2, -0.15) is 0 Å². The number of piperazine rings is 1. The van der Waals surface area contributed by atoms with Crippen molar-refractivity contribution in [2.75, 3.05) is 39.8 Å². The summed E-state index contributed by atoms with van der Waals surface area (Å²) in [6.07, 6.45) is 1.92. The molecule has 27 heavy (non-hydrogen) atoms. The fourth-order valence-corrected chi connectivity index (χ4v) is 4.69. The van der Waals surface area contributed by atoms with Crippen LogP contribution >= 0.6 is 47.2 Å². The largest absolute Gasteiger partial charge is 0.340 e. The molecule has 2 saturated heterocycles. The van der Waals surface area contributed by atoms with E-state index in [1.165, 1.54) is 16.7 Å². The zero-order valence-corrected chi connectivity index (χ0v) is 17.9. The van der Waals surface area contributed by atoms with Crippen LogP contribution in [0.3, 0.4) is 0 Å². The molecule has 0 N–H and O–H groups in total. The lowest BCUT2D eigenvalue weighted by Crippen LogP contribution is -2.47. The number of halogens is 2. The zero-order chi connectivity index (χ0) is 19.6. The maximum absolute atomic E-state index is 12.7. The summed E-state index contributed by atoms with van der Waals surface area (Å²) in [7, 11) is 2.04. The number of carbonyl (C=O) groups is 2. The minimum atomic E-state index is -0.216. The fraction of sp³-hybridized carbons (Fsp3) is 0.389. The molecule has 3 rings (SSSR count). The van der Waals surface area contributed by atoms with Crippen LogP contribution < -0.4 is 0 Å². The monoisotopic (exact) mass is 443 g/mol. The van der Waals surface area contributed by atoms with Gasteiger partial charge in [0.15, 0.2) is 0 Å². The molecule has 5 nitrogen and oxygen atoms in total. The molecular formula is C18H19Cl2N3O2S2. The van der Waals surface area contributed by atoms with Gasteiger partial charge < -0.3 is 9.80 Å².